The lowest BCUT2D eigenvalue weighted by Gasteiger charge is -2.13. The van der Waals surface area contributed by atoms with Crippen molar-refractivity contribution in [1.29, 1.82) is 0 Å². The maximum Gasteiger partial charge on any atom is 0.416 e. The molecule has 0 fully saturated rings. The Hall–Kier alpha value is -4.47. The van der Waals surface area contributed by atoms with Gasteiger partial charge in [-0.15, -0.1) is 0 Å². The minimum atomic E-state index is -4.53. The van der Waals surface area contributed by atoms with Crippen LogP contribution in [-0.4, -0.2) is 21.5 Å². The van der Waals surface area contributed by atoms with Crippen molar-refractivity contribution in [2.24, 2.45) is 7.05 Å². The number of amides is 3. The van der Waals surface area contributed by atoms with E-state index < -0.39 is 23.7 Å². The van der Waals surface area contributed by atoms with Crippen LogP contribution in [0, 0.1) is 13.8 Å². The van der Waals surface area contributed by atoms with Gasteiger partial charge < -0.3 is 9.88 Å². The molecule has 0 radical (unpaired) electrons. The first-order chi connectivity index (χ1) is 16.9. The van der Waals surface area contributed by atoms with Gasteiger partial charge in [0.25, 0.3) is 11.5 Å². The summed E-state index contributed by atoms with van der Waals surface area (Å²) in [7, 11) is 1.67. The number of pyridine rings is 2. The van der Waals surface area contributed by atoms with Crippen molar-refractivity contribution in [3.8, 4) is 11.1 Å². The van der Waals surface area contributed by atoms with Crippen LogP contribution in [0.2, 0.25) is 0 Å². The number of aromatic nitrogens is 2. The Morgan fingerprint density at radius 1 is 0.944 bits per heavy atom. The van der Waals surface area contributed by atoms with E-state index in [-0.39, 0.29) is 11.1 Å². The van der Waals surface area contributed by atoms with Crippen LogP contribution in [0.5, 0.6) is 0 Å². The van der Waals surface area contributed by atoms with Crippen LogP contribution in [0.25, 0.3) is 22.0 Å². The Balaban J connectivity index is 1.56. The minimum absolute atomic E-state index is 0.105. The summed E-state index contributed by atoms with van der Waals surface area (Å²) in [4.78, 5) is 42.1. The van der Waals surface area contributed by atoms with Crippen molar-refractivity contribution < 1.29 is 22.8 Å². The average Bonchev–Trinajstić information content (AvgIpc) is 2.82. The predicted octanol–water partition coefficient (Wildman–Crippen LogP) is 5.20. The Kier molecular flexibility index (Phi) is 6.36. The second kappa shape index (κ2) is 9.29. The SMILES string of the molecule is Cc1cc2c(cn1)cc(-c1cc(NC(=O)NC(=O)c3ccc(C(F)(F)F)cc3)ccc1C)c(=O)n2C. The Morgan fingerprint density at radius 3 is 2.31 bits per heavy atom. The number of imide groups is 1. The van der Waals surface area contributed by atoms with Crippen LogP contribution in [0.15, 0.2) is 65.6 Å². The number of carbonyl (C=O) groups is 2. The summed E-state index contributed by atoms with van der Waals surface area (Å²) in [5.41, 5.74) is 2.40. The smallest absolute Gasteiger partial charge is 0.311 e. The van der Waals surface area contributed by atoms with Crippen molar-refractivity contribution in [2.75, 3.05) is 5.32 Å². The fraction of sp³-hybridized carbons (Fsp3) is 0.154. The molecule has 2 aromatic heterocycles. The number of carbonyl (C=O) groups excluding carboxylic acids is 2. The van der Waals surface area contributed by atoms with Crippen molar-refractivity contribution in [1.82, 2.24) is 14.9 Å². The lowest BCUT2D eigenvalue weighted by molar-refractivity contribution is -0.137. The highest BCUT2D eigenvalue weighted by Crippen LogP contribution is 2.29. The van der Waals surface area contributed by atoms with Gasteiger partial charge in [-0.3, -0.25) is 19.9 Å². The first-order valence-corrected chi connectivity index (χ1v) is 10.8. The monoisotopic (exact) mass is 494 g/mol. The van der Waals surface area contributed by atoms with E-state index >= 15 is 0 Å². The molecule has 0 unspecified atom stereocenters. The largest absolute Gasteiger partial charge is 0.416 e. The molecule has 36 heavy (non-hydrogen) atoms. The second-order valence-corrected chi connectivity index (χ2v) is 8.32. The molecular weight excluding hydrogens is 473 g/mol. The van der Waals surface area contributed by atoms with Gasteiger partial charge in [-0.25, -0.2) is 4.79 Å². The lowest BCUT2D eigenvalue weighted by Crippen LogP contribution is -2.34. The van der Waals surface area contributed by atoms with E-state index in [2.05, 4.69) is 15.6 Å². The van der Waals surface area contributed by atoms with Crippen molar-refractivity contribution >= 4 is 28.5 Å². The van der Waals surface area contributed by atoms with Gasteiger partial charge in [0, 0.05) is 41.1 Å². The summed E-state index contributed by atoms with van der Waals surface area (Å²) in [6.07, 6.45) is -2.84. The molecule has 3 amide bonds. The quantitative estimate of drug-likeness (QED) is 0.410. The molecule has 2 aromatic carbocycles. The molecule has 7 nitrogen and oxygen atoms in total. The number of anilines is 1. The van der Waals surface area contributed by atoms with Crippen LogP contribution in [0.4, 0.5) is 23.7 Å². The third-order valence-electron chi connectivity index (χ3n) is 5.73. The summed E-state index contributed by atoms with van der Waals surface area (Å²) >= 11 is 0. The third-order valence-corrected chi connectivity index (χ3v) is 5.73. The molecule has 10 heteroatoms. The summed E-state index contributed by atoms with van der Waals surface area (Å²) in [6.45, 7) is 3.66. The Bertz CT molecular complexity index is 1560. The molecule has 4 aromatic rings. The number of urea groups is 1. The number of aryl methyl sites for hydroxylation is 3. The van der Waals surface area contributed by atoms with Gasteiger partial charge in [-0.2, -0.15) is 13.2 Å². The van der Waals surface area contributed by atoms with Gasteiger partial charge in [0.1, 0.15) is 0 Å². The maximum absolute atomic E-state index is 13.1. The predicted molar refractivity (Wildman–Crippen MR) is 130 cm³/mol. The van der Waals surface area contributed by atoms with Crippen LogP contribution >= 0.6 is 0 Å². The second-order valence-electron chi connectivity index (χ2n) is 8.32. The van der Waals surface area contributed by atoms with Gasteiger partial charge in [-0.1, -0.05) is 6.07 Å². The van der Waals surface area contributed by atoms with Crippen molar-refractivity contribution in [2.45, 2.75) is 20.0 Å². The van der Waals surface area contributed by atoms with E-state index in [1.807, 2.05) is 19.9 Å². The summed E-state index contributed by atoms with van der Waals surface area (Å²) < 4.78 is 39.7. The highest BCUT2D eigenvalue weighted by Gasteiger charge is 2.30. The molecule has 4 rings (SSSR count). The minimum Gasteiger partial charge on any atom is -0.311 e. The maximum atomic E-state index is 13.1. The van der Waals surface area contributed by atoms with E-state index in [0.29, 0.717) is 16.8 Å². The molecule has 0 spiro atoms. The highest BCUT2D eigenvalue weighted by molar-refractivity contribution is 6.08. The zero-order valence-electron chi connectivity index (χ0n) is 19.5. The molecule has 184 valence electrons. The van der Waals surface area contributed by atoms with E-state index in [1.165, 1.54) is 4.57 Å². The van der Waals surface area contributed by atoms with Crippen LogP contribution in [0.1, 0.15) is 27.2 Å². The first-order valence-electron chi connectivity index (χ1n) is 10.8. The molecule has 0 bridgehead atoms. The molecule has 0 saturated heterocycles. The zero-order chi connectivity index (χ0) is 26.2. The molecular formula is C26H21F3N4O3. The molecule has 0 aliphatic carbocycles. The molecule has 0 aliphatic heterocycles. The number of hydrogen-bond donors (Lipinski definition) is 2. The number of nitrogens with one attached hydrogen (secondary N) is 2. The van der Waals surface area contributed by atoms with Crippen LogP contribution in [0.3, 0.4) is 0 Å². The van der Waals surface area contributed by atoms with E-state index in [1.54, 1.807) is 37.5 Å². The fourth-order valence-electron chi connectivity index (χ4n) is 3.80. The van der Waals surface area contributed by atoms with Gasteiger partial charge in [0.2, 0.25) is 0 Å². The number of fused-ring (bicyclic) bond motifs is 1. The third kappa shape index (κ3) is 4.97. The van der Waals surface area contributed by atoms with Gasteiger partial charge >= 0.3 is 12.2 Å². The number of alkyl halides is 3. The molecule has 2 N–H and O–H groups in total. The fourth-order valence-corrected chi connectivity index (χ4v) is 3.80. The molecule has 0 aliphatic rings. The van der Waals surface area contributed by atoms with E-state index in [0.717, 1.165) is 46.4 Å². The van der Waals surface area contributed by atoms with Gasteiger partial charge in [0.05, 0.1) is 11.1 Å². The molecule has 2 heterocycles. The van der Waals surface area contributed by atoms with E-state index in [4.69, 9.17) is 0 Å². The summed E-state index contributed by atoms with van der Waals surface area (Å²) in [6, 6.07) is 11.1. The average molecular weight is 494 g/mol. The lowest BCUT2D eigenvalue weighted by atomic mass is 9.99. The first kappa shape index (κ1) is 24.6. The summed E-state index contributed by atoms with van der Waals surface area (Å²) in [5.74, 6) is -0.861. The van der Waals surface area contributed by atoms with Crippen LogP contribution in [-0.2, 0) is 13.2 Å². The summed E-state index contributed by atoms with van der Waals surface area (Å²) in [5, 5.41) is 5.38. The van der Waals surface area contributed by atoms with E-state index in [9.17, 15) is 27.6 Å². The molecule has 0 saturated carbocycles. The van der Waals surface area contributed by atoms with Gasteiger partial charge in [0.15, 0.2) is 0 Å². The normalized spacial score (nSPS) is 11.4. The number of rotatable bonds is 3. The number of nitrogens with zero attached hydrogens (tertiary/aromatic N) is 2. The van der Waals surface area contributed by atoms with Crippen molar-refractivity contribution in [3.63, 3.8) is 0 Å². The van der Waals surface area contributed by atoms with Gasteiger partial charge in [-0.05, 0) is 73.5 Å². The topological polar surface area (TPSA) is 93.1 Å². The molecule has 0 atom stereocenters. The zero-order valence-corrected chi connectivity index (χ0v) is 19.5. The number of benzene rings is 2. The number of halogens is 3. The van der Waals surface area contributed by atoms with Crippen LogP contribution < -0.4 is 16.2 Å². The Labute approximate surface area is 203 Å². The standard InChI is InChI=1S/C26H21F3N4O3/c1-14-4-9-19(31-25(36)32-23(34)16-5-7-18(8-6-16)26(27,28)29)12-20(14)21-11-17-13-30-15(2)10-22(17)33(3)24(21)35/h4-13H,1-3H3,(H2,31,32,34,36). The Morgan fingerprint density at radius 2 is 1.64 bits per heavy atom. The highest BCUT2D eigenvalue weighted by atomic mass is 19.4. The van der Waals surface area contributed by atoms with Crippen molar-refractivity contribution in [3.05, 3.63) is 93.5 Å². The number of hydrogen-bond acceptors (Lipinski definition) is 4.